The molecule has 33 heavy (non-hydrogen) atoms. The normalized spacial score (nSPS) is 17.1. The molecule has 1 amide bonds. The lowest BCUT2D eigenvalue weighted by atomic mass is 10.1. The molecule has 1 atom stereocenters. The molecule has 0 fully saturated rings. The zero-order valence-corrected chi connectivity index (χ0v) is 19.9. The summed E-state index contributed by atoms with van der Waals surface area (Å²) >= 11 is 8.42. The molecule has 2 aromatic carbocycles. The molecule has 0 saturated carbocycles. The average molecular weight is 479 g/mol. The van der Waals surface area contributed by atoms with Crippen LogP contribution >= 0.6 is 23.4 Å². The molecule has 0 radical (unpaired) electrons. The second-order valence-electron chi connectivity index (χ2n) is 7.81. The second-order valence-corrected chi connectivity index (χ2v) is 9.25. The van der Waals surface area contributed by atoms with Crippen molar-refractivity contribution in [3.63, 3.8) is 0 Å². The van der Waals surface area contributed by atoms with E-state index in [0.717, 1.165) is 46.1 Å². The number of hydrazone groups is 1. The highest BCUT2D eigenvalue weighted by Gasteiger charge is 2.37. The number of halogens is 1. The van der Waals surface area contributed by atoms with Crippen molar-refractivity contribution in [1.29, 1.82) is 0 Å². The van der Waals surface area contributed by atoms with Gasteiger partial charge in [-0.2, -0.15) is 5.10 Å². The molecule has 1 N–H and O–H groups in total. The van der Waals surface area contributed by atoms with Gasteiger partial charge in [0.1, 0.15) is 10.9 Å². The maximum atomic E-state index is 13.2. The molecule has 1 aromatic heterocycles. The summed E-state index contributed by atoms with van der Waals surface area (Å²) in [5.74, 6) is 0.684. The maximum absolute atomic E-state index is 13.2. The third-order valence-corrected chi connectivity index (χ3v) is 6.87. The van der Waals surface area contributed by atoms with E-state index < -0.39 is 6.17 Å². The minimum Gasteiger partial charge on any atom is -0.298 e. The van der Waals surface area contributed by atoms with Crippen molar-refractivity contribution in [2.75, 3.05) is 5.75 Å². The second kappa shape index (κ2) is 9.03. The molecule has 0 saturated heterocycles. The van der Waals surface area contributed by atoms with Gasteiger partial charge in [0.15, 0.2) is 11.3 Å². The van der Waals surface area contributed by atoms with Crippen molar-refractivity contribution < 1.29 is 4.79 Å². The molecule has 3 aromatic rings. The monoisotopic (exact) mass is 478 g/mol. The predicted molar refractivity (Wildman–Crippen MR) is 131 cm³/mol. The van der Waals surface area contributed by atoms with Gasteiger partial charge in [-0.15, -0.1) is 5.10 Å². The van der Waals surface area contributed by atoms with E-state index >= 15 is 0 Å². The number of rotatable bonds is 5. The molecule has 7 nitrogen and oxygen atoms in total. The van der Waals surface area contributed by atoms with Gasteiger partial charge >= 0.3 is 0 Å². The van der Waals surface area contributed by atoms with Gasteiger partial charge in [0, 0.05) is 11.0 Å². The van der Waals surface area contributed by atoms with Gasteiger partial charge < -0.3 is 0 Å². The summed E-state index contributed by atoms with van der Waals surface area (Å²) in [5.41, 5.74) is 2.78. The van der Waals surface area contributed by atoms with Gasteiger partial charge in [0.25, 0.3) is 5.91 Å². The summed E-state index contributed by atoms with van der Waals surface area (Å²) in [5, 5.41) is 16.6. The third kappa shape index (κ3) is 3.94. The molecule has 168 valence electrons. The summed E-state index contributed by atoms with van der Waals surface area (Å²) in [6, 6.07) is 17.3. The van der Waals surface area contributed by atoms with Gasteiger partial charge in [0.2, 0.25) is 0 Å². The summed E-state index contributed by atoms with van der Waals surface area (Å²) in [7, 11) is 0. The number of aromatic nitrogens is 2. The number of nitrogens with zero attached hydrogens (tertiary/aromatic N) is 5. The van der Waals surface area contributed by atoms with Crippen molar-refractivity contribution in [2.45, 2.75) is 32.9 Å². The number of carbonyl (C=O) groups excluding carboxylic acids is 1. The van der Waals surface area contributed by atoms with Crippen LogP contribution in [0.5, 0.6) is 0 Å². The molecule has 9 heteroatoms. The van der Waals surface area contributed by atoms with E-state index in [1.54, 1.807) is 9.69 Å². The van der Waals surface area contributed by atoms with E-state index in [9.17, 15) is 4.79 Å². The molecule has 2 aliphatic rings. The number of unbranched alkanes of at least 4 members (excludes halogenated alkanes) is 1. The van der Waals surface area contributed by atoms with Crippen LogP contribution in [0.25, 0.3) is 11.4 Å². The highest BCUT2D eigenvalue weighted by atomic mass is 35.5. The van der Waals surface area contributed by atoms with Crippen molar-refractivity contribution in [3.05, 3.63) is 81.6 Å². The van der Waals surface area contributed by atoms with Gasteiger partial charge in [0.05, 0.1) is 22.3 Å². The van der Waals surface area contributed by atoms with Crippen LogP contribution in [0.3, 0.4) is 0 Å². The fourth-order valence-electron chi connectivity index (χ4n) is 3.94. The predicted octanol–water partition coefficient (Wildman–Crippen LogP) is 3.51. The Morgan fingerprint density at radius 3 is 2.67 bits per heavy atom. The SMILES string of the molecule is CCCCSC1=NN2C(=c3ccccc3=N[C@@H]2c2c(C)nn(-c3ccccc3)c2Cl)C(=O)N1. The Bertz CT molecular complexity index is 1370. The lowest BCUT2D eigenvalue weighted by Crippen LogP contribution is -2.50. The molecular weight excluding hydrogens is 456 g/mol. The number of para-hydroxylation sites is 2. The first-order valence-electron chi connectivity index (χ1n) is 10.9. The first-order valence-corrected chi connectivity index (χ1v) is 12.2. The van der Waals surface area contributed by atoms with Gasteiger partial charge in [-0.3, -0.25) is 15.1 Å². The first kappa shape index (κ1) is 21.7. The Labute approximate surface area is 200 Å². The number of carbonyl (C=O) groups is 1. The third-order valence-electron chi connectivity index (χ3n) is 5.56. The number of nitrogens with one attached hydrogen (secondary N) is 1. The van der Waals surface area contributed by atoms with Crippen LogP contribution in [0, 0.1) is 6.92 Å². The van der Waals surface area contributed by atoms with E-state index in [-0.39, 0.29) is 5.91 Å². The van der Waals surface area contributed by atoms with Crippen LogP contribution in [0.2, 0.25) is 5.15 Å². The summed E-state index contributed by atoms with van der Waals surface area (Å²) < 4.78 is 1.70. The van der Waals surface area contributed by atoms with Crippen molar-refractivity contribution in [1.82, 2.24) is 20.1 Å². The minimum absolute atomic E-state index is 0.194. The van der Waals surface area contributed by atoms with E-state index in [2.05, 4.69) is 17.3 Å². The van der Waals surface area contributed by atoms with Crippen molar-refractivity contribution in [3.8, 4) is 5.69 Å². The van der Waals surface area contributed by atoms with Crippen LogP contribution in [-0.4, -0.2) is 31.6 Å². The first-order chi connectivity index (χ1) is 16.1. The van der Waals surface area contributed by atoms with E-state index in [4.69, 9.17) is 21.7 Å². The number of hydrogen-bond acceptors (Lipinski definition) is 6. The molecule has 2 aliphatic heterocycles. The quantitative estimate of drug-likeness (QED) is 0.569. The van der Waals surface area contributed by atoms with Gasteiger partial charge in [-0.1, -0.05) is 73.1 Å². The summed E-state index contributed by atoms with van der Waals surface area (Å²) in [6.45, 7) is 4.04. The molecular formula is C24H23ClN6OS. The van der Waals surface area contributed by atoms with Gasteiger partial charge in [-0.25, -0.2) is 9.69 Å². The highest BCUT2D eigenvalue weighted by molar-refractivity contribution is 8.13. The number of aryl methyl sites for hydroxylation is 1. The Morgan fingerprint density at radius 1 is 1.12 bits per heavy atom. The molecule has 3 heterocycles. The molecule has 0 aliphatic carbocycles. The lowest BCUT2D eigenvalue weighted by molar-refractivity contribution is -0.116. The minimum atomic E-state index is -0.604. The number of amides is 1. The molecule has 0 spiro atoms. The largest absolute Gasteiger partial charge is 0.298 e. The summed E-state index contributed by atoms with van der Waals surface area (Å²) in [6.07, 6.45) is 1.52. The number of hydrogen-bond donors (Lipinski definition) is 1. The average Bonchev–Trinajstić information content (AvgIpc) is 3.12. The maximum Gasteiger partial charge on any atom is 0.276 e. The van der Waals surface area contributed by atoms with Crippen LogP contribution < -0.4 is 15.9 Å². The standard InChI is InChI=1S/C24H23ClN6OS/c1-3-4-14-33-24-27-23(32)20-17-12-8-9-13-18(17)26-22(31(20)29-24)19-15(2)28-30(21(19)25)16-10-6-5-7-11-16/h5-13,22H,3-4,14H2,1-2H3,(H,27,29,32)/t22-/m0/s1. The van der Waals surface area contributed by atoms with Gasteiger partial charge in [-0.05, 0) is 31.5 Å². The van der Waals surface area contributed by atoms with E-state index in [1.807, 2.05) is 61.5 Å². The fraction of sp³-hybridized carbons (Fsp3) is 0.250. The zero-order chi connectivity index (χ0) is 22.9. The summed E-state index contributed by atoms with van der Waals surface area (Å²) in [4.78, 5) is 18.2. The van der Waals surface area contributed by atoms with Crippen molar-refractivity contribution in [2.24, 2.45) is 10.1 Å². The Hall–Kier alpha value is -3.10. The highest BCUT2D eigenvalue weighted by Crippen LogP contribution is 2.37. The van der Waals surface area contributed by atoms with Crippen molar-refractivity contribution >= 4 is 40.1 Å². The zero-order valence-electron chi connectivity index (χ0n) is 18.3. The molecule has 0 unspecified atom stereocenters. The van der Waals surface area contributed by atoms with Crippen LogP contribution in [0.1, 0.15) is 37.2 Å². The molecule has 0 bridgehead atoms. The van der Waals surface area contributed by atoms with Crippen LogP contribution in [-0.2, 0) is 4.79 Å². The Kier molecular flexibility index (Phi) is 5.95. The lowest BCUT2D eigenvalue weighted by Gasteiger charge is -2.34. The topological polar surface area (TPSA) is 74.9 Å². The number of benzene rings is 2. The van der Waals surface area contributed by atoms with Crippen LogP contribution in [0.4, 0.5) is 0 Å². The number of thioether (sulfide) groups is 1. The van der Waals surface area contributed by atoms with E-state index in [1.165, 1.54) is 11.8 Å². The fourth-order valence-corrected chi connectivity index (χ4v) is 5.25. The Balaban J connectivity index is 1.67. The Morgan fingerprint density at radius 2 is 1.88 bits per heavy atom. The number of fused-ring (bicyclic) bond motifs is 2. The smallest absolute Gasteiger partial charge is 0.276 e. The number of amidine groups is 1. The van der Waals surface area contributed by atoms with Crippen LogP contribution in [0.15, 0.2) is 64.7 Å². The molecule has 5 rings (SSSR count). The van der Waals surface area contributed by atoms with E-state index in [0.29, 0.717) is 16.0 Å².